The van der Waals surface area contributed by atoms with Crippen molar-refractivity contribution in [2.45, 2.75) is 56.0 Å². The molecule has 3 fully saturated rings. The van der Waals surface area contributed by atoms with Gasteiger partial charge in [-0.1, -0.05) is 0 Å². The van der Waals surface area contributed by atoms with Crippen LogP contribution in [0.1, 0.15) is 32.6 Å². The van der Waals surface area contributed by atoms with Crippen molar-refractivity contribution in [3.8, 4) is 0 Å². The smallest absolute Gasteiger partial charge is 0.353 e. The fourth-order valence-electron chi connectivity index (χ4n) is 4.68. The van der Waals surface area contributed by atoms with Gasteiger partial charge in [0, 0.05) is 36.2 Å². The van der Waals surface area contributed by atoms with E-state index >= 15 is 0 Å². The van der Waals surface area contributed by atoms with Crippen LogP contribution in [0.2, 0.25) is 0 Å². The quantitative estimate of drug-likeness (QED) is 0.561. The normalized spacial score (nSPS) is 34.1. The van der Waals surface area contributed by atoms with Crippen LogP contribution in [0.3, 0.4) is 0 Å². The maximum Gasteiger partial charge on any atom is 0.353 e. The molecule has 5 atom stereocenters. The first kappa shape index (κ1) is 18.8. The van der Waals surface area contributed by atoms with Gasteiger partial charge in [0.05, 0.1) is 24.1 Å². The third-order valence-corrected chi connectivity index (χ3v) is 7.34. The molecule has 27 heavy (non-hydrogen) atoms. The molecule has 0 aliphatic carbocycles. The Kier molecular flexibility index (Phi) is 4.94. The minimum Gasteiger partial charge on any atom is -0.477 e. The number of β-lactam (4-membered cyclic amide) rings is 1. The Morgan fingerprint density at radius 2 is 2.00 bits per heavy atom. The molecule has 4 rings (SSSR count). The lowest BCUT2D eigenvalue weighted by atomic mass is 9.83. The minimum atomic E-state index is -1.10. The lowest BCUT2D eigenvalue weighted by Crippen LogP contribution is -2.61. The van der Waals surface area contributed by atoms with Crippen LogP contribution in [0.4, 0.5) is 0 Å². The summed E-state index contributed by atoms with van der Waals surface area (Å²) in [6.45, 7) is 3.86. The Bertz CT molecular complexity index is 703. The molecule has 0 unspecified atom stereocenters. The molecule has 2 amide bonds. The summed E-state index contributed by atoms with van der Waals surface area (Å²) < 4.78 is 0. The number of carboxylic acid groups (broad SMARTS) is 1. The van der Waals surface area contributed by atoms with E-state index in [4.69, 9.17) is 0 Å². The number of fused-ring (bicyclic) bond motifs is 1. The molecule has 3 N–H and O–H groups in total. The van der Waals surface area contributed by atoms with Gasteiger partial charge in [0.2, 0.25) is 11.8 Å². The number of aliphatic hydroxyl groups is 1. The largest absolute Gasteiger partial charge is 0.477 e. The first-order chi connectivity index (χ1) is 12.9. The monoisotopic (exact) mass is 395 g/mol. The molecule has 148 valence electrons. The van der Waals surface area contributed by atoms with Crippen molar-refractivity contribution in [2.75, 3.05) is 19.6 Å². The molecule has 0 aromatic heterocycles. The van der Waals surface area contributed by atoms with Gasteiger partial charge in [-0.2, -0.15) is 0 Å². The van der Waals surface area contributed by atoms with E-state index in [9.17, 15) is 24.6 Å². The number of carboxylic acids is 1. The van der Waals surface area contributed by atoms with Gasteiger partial charge < -0.3 is 25.3 Å². The molecule has 0 saturated carbocycles. The molecular formula is C18H25N3O5S. The van der Waals surface area contributed by atoms with Crippen LogP contribution >= 0.6 is 11.8 Å². The van der Waals surface area contributed by atoms with Gasteiger partial charge >= 0.3 is 5.97 Å². The maximum atomic E-state index is 12.5. The van der Waals surface area contributed by atoms with E-state index in [-0.39, 0.29) is 34.8 Å². The summed E-state index contributed by atoms with van der Waals surface area (Å²) in [6.07, 6.45) is 2.46. The third-order valence-electron chi connectivity index (χ3n) is 6.01. The predicted octanol–water partition coefficient (Wildman–Crippen LogP) is -0.0198. The number of nitrogens with zero attached hydrogens (tertiary/aromatic N) is 2. The van der Waals surface area contributed by atoms with E-state index in [0.717, 1.165) is 25.9 Å². The van der Waals surface area contributed by atoms with Gasteiger partial charge in [0.25, 0.3) is 0 Å². The summed E-state index contributed by atoms with van der Waals surface area (Å²) in [5.41, 5.74) is 0.0567. The van der Waals surface area contributed by atoms with E-state index in [1.54, 1.807) is 6.92 Å². The molecule has 9 heteroatoms. The van der Waals surface area contributed by atoms with Crippen LogP contribution in [-0.2, 0) is 14.4 Å². The molecule has 0 aromatic carbocycles. The fraction of sp³-hybridized carbons (Fsp3) is 0.722. The fourth-order valence-corrected chi connectivity index (χ4v) is 6.11. The standard InChI is InChI=1S/C18H25N3O5S/c1-9(22)14-12-7-13(15(18(25)26)21(12)17(14)24)27-10-6-11(19-8-10)16(23)20-4-2-3-5-20/h9-12,14,19,22H,2-8H2,1H3,(H,25,26)/t9-,10-,11-,12-,14+/m1/s1. The van der Waals surface area contributed by atoms with Gasteiger partial charge in [-0.25, -0.2) is 4.79 Å². The molecular weight excluding hydrogens is 370 g/mol. The van der Waals surface area contributed by atoms with Crippen molar-refractivity contribution < 1.29 is 24.6 Å². The van der Waals surface area contributed by atoms with E-state index in [2.05, 4.69) is 5.32 Å². The van der Waals surface area contributed by atoms with Gasteiger partial charge in [-0.15, -0.1) is 11.8 Å². The number of carbonyl (C=O) groups is 3. The molecule has 0 spiro atoms. The zero-order valence-electron chi connectivity index (χ0n) is 15.3. The van der Waals surface area contributed by atoms with Crippen molar-refractivity contribution in [3.63, 3.8) is 0 Å². The highest BCUT2D eigenvalue weighted by Gasteiger charge is 2.57. The number of aliphatic carboxylic acids is 1. The number of hydrogen-bond acceptors (Lipinski definition) is 6. The van der Waals surface area contributed by atoms with Crippen LogP contribution in [0, 0.1) is 5.92 Å². The van der Waals surface area contributed by atoms with Crippen molar-refractivity contribution in [1.29, 1.82) is 0 Å². The van der Waals surface area contributed by atoms with Crippen LogP contribution < -0.4 is 5.32 Å². The summed E-state index contributed by atoms with van der Waals surface area (Å²) >= 11 is 1.47. The van der Waals surface area contributed by atoms with Gasteiger partial charge in [-0.3, -0.25) is 9.59 Å². The molecule has 0 bridgehead atoms. The van der Waals surface area contributed by atoms with Crippen LogP contribution in [0.25, 0.3) is 0 Å². The second kappa shape index (κ2) is 7.10. The molecule has 8 nitrogen and oxygen atoms in total. The van der Waals surface area contributed by atoms with Crippen LogP contribution in [0.15, 0.2) is 10.6 Å². The van der Waals surface area contributed by atoms with Gasteiger partial charge in [0.1, 0.15) is 5.70 Å². The predicted molar refractivity (Wildman–Crippen MR) is 98.7 cm³/mol. The number of nitrogens with one attached hydrogen (secondary N) is 1. The molecule has 4 aliphatic heterocycles. The Hall–Kier alpha value is -1.58. The zero-order valence-corrected chi connectivity index (χ0v) is 16.1. The summed E-state index contributed by atoms with van der Waals surface area (Å²) in [6, 6.07) is -0.470. The Morgan fingerprint density at radius 3 is 2.63 bits per heavy atom. The van der Waals surface area contributed by atoms with E-state index in [1.807, 2.05) is 4.90 Å². The number of rotatable bonds is 5. The van der Waals surface area contributed by atoms with E-state index in [0.29, 0.717) is 24.3 Å². The third kappa shape index (κ3) is 3.15. The average Bonchev–Trinajstić information content (AvgIpc) is 3.33. The van der Waals surface area contributed by atoms with Crippen molar-refractivity contribution in [1.82, 2.24) is 15.1 Å². The zero-order chi connectivity index (χ0) is 19.3. The average molecular weight is 395 g/mol. The van der Waals surface area contributed by atoms with E-state index < -0.39 is 18.0 Å². The topological polar surface area (TPSA) is 110 Å². The molecule has 4 heterocycles. The first-order valence-electron chi connectivity index (χ1n) is 9.55. The number of aliphatic hydroxyl groups excluding tert-OH is 1. The van der Waals surface area contributed by atoms with Crippen molar-refractivity contribution >= 4 is 29.5 Å². The molecule has 0 aromatic rings. The highest BCUT2D eigenvalue weighted by molar-refractivity contribution is 8.03. The summed E-state index contributed by atoms with van der Waals surface area (Å²) in [7, 11) is 0. The molecule has 0 radical (unpaired) electrons. The second-order valence-electron chi connectivity index (χ2n) is 7.79. The minimum absolute atomic E-state index is 0.0567. The lowest BCUT2D eigenvalue weighted by molar-refractivity contribution is -0.161. The Balaban J connectivity index is 1.43. The van der Waals surface area contributed by atoms with Crippen molar-refractivity contribution in [2.24, 2.45) is 5.92 Å². The molecule has 3 saturated heterocycles. The van der Waals surface area contributed by atoms with Crippen LogP contribution in [-0.4, -0.2) is 80.9 Å². The Labute approximate surface area is 161 Å². The lowest BCUT2D eigenvalue weighted by Gasteiger charge is -2.44. The van der Waals surface area contributed by atoms with Gasteiger partial charge in [-0.05, 0) is 26.2 Å². The second-order valence-corrected chi connectivity index (χ2v) is 9.19. The summed E-state index contributed by atoms with van der Waals surface area (Å²) in [5.74, 6) is -1.80. The highest BCUT2D eigenvalue weighted by atomic mass is 32.2. The summed E-state index contributed by atoms with van der Waals surface area (Å²) in [5, 5.41) is 22.8. The number of amides is 2. The maximum absolute atomic E-state index is 12.5. The number of likely N-dealkylation sites (tertiary alicyclic amines) is 1. The number of hydrogen-bond donors (Lipinski definition) is 3. The summed E-state index contributed by atoms with van der Waals surface area (Å²) in [4.78, 5) is 40.5. The van der Waals surface area contributed by atoms with Gasteiger partial charge in [0.15, 0.2) is 0 Å². The van der Waals surface area contributed by atoms with Crippen molar-refractivity contribution in [3.05, 3.63) is 10.6 Å². The first-order valence-corrected chi connectivity index (χ1v) is 10.4. The van der Waals surface area contributed by atoms with E-state index in [1.165, 1.54) is 16.7 Å². The molecule has 4 aliphatic rings. The number of thioether (sulfide) groups is 1. The number of carbonyl (C=O) groups excluding carboxylic acids is 2. The Morgan fingerprint density at radius 1 is 1.30 bits per heavy atom. The highest BCUT2D eigenvalue weighted by Crippen LogP contribution is 2.48. The van der Waals surface area contributed by atoms with Crippen LogP contribution in [0.5, 0.6) is 0 Å². The SMILES string of the molecule is C[C@@H](O)[C@@H]1C(=O)N2C(C(=O)O)=C(S[C@H]3CN[C@@H](C(=O)N4CCCC4)C3)C[C@H]12.